The number of carbonyl (C=O) groups excluding carboxylic acids is 1. The van der Waals surface area contributed by atoms with Crippen molar-refractivity contribution in [3.05, 3.63) is 66.2 Å². The number of carbonyl (C=O) groups is 1. The zero-order valence-corrected chi connectivity index (χ0v) is 17.2. The number of hydrogen-bond donors (Lipinski definition) is 1. The van der Waals surface area contributed by atoms with Crippen molar-refractivity contribution in [1.29, 1.82) is 0 Å². The van der Waals surface area contributed by atoms with E-state index in [1.807, 2.05) is 60.3 Å². The topological polar surface area (TPSA) is 106 Å². The van der Waals surface area contributed by atoms with Crippen LogP contribution >= 0.6 is 0 Å². The summed E-state index contributed by atoms with van der Waals surface area (Å²) >= 11 is 0. The summed E-state index contributed by atoms with van der Waals surface area (Å²) < 4.78 is 3.37. The Hall–Kier alpha value is -3.82. The van der Waals surface area contributed by atoms with Crippen molar-refractivity contribution in [2.75, 3.05) is 18.0 Å². The van der Waals surface area contributed by atoms with Gasteiger partial charge in [-0.1, -0.05) is 30.3 Å². The van der Waals surface area contributed by atoms with Crippen LogP contribution in [-0.4, -0.2) is 53.8 Å². The molecule has 5 rings (SSSR count). The zero-order valence-electron chi connectivity index (χ0n) is 17.2. The van der Waals surface area contributed by atoms with Gasteiger partial charge in [-0.05, 0) is 41.0 Å². The molecule has 0 spiro atoms. The van der Waals surface area contributed by atoms with E-state index >= 15 is 0 Å². The van der Waals surface area contributed by atoms with Crippen LogP contribution < -0.4 is 10.2 Å². The molecule has 158 valence electrons. The highest BCUT2D eigenvalue weighted by molar-refractivity contribution is 5.79. The van der Waals surface area contributed by atoms with Gasteiger partial charge in [0.25, 0.3) is 0 Å². The molecule has 0 aliphatic carbocycles. The van der Waals surface area contributed by atoms with Crippen LogP contribution in [0.4, 0.5) is 5.82 Å². The number of nitrogens with zero attached hydrogens (tertiary/aromatic N) is 8. The summed E-state index contributed by atoms with van der Waals surface area (Å²) in [5.41, 5.74) is 1.63. The molecule has 1 saturated heterocycles. The second-order valence-electron chi connectivity index (χ2n) is 7.73. The molecule has 0 radical (unpaired) electrons. The van der Waals surface area contributed by atoms with Crippen LogP contribution in [0.25, 0.3) is 5.65 Å². The molecule has 3 aromatic heterocycles. The summed E-state index contributed by atoms with van der Waals surface area (Å²) in [6, 6.07) is 13.4. The number of tetrazole rings is 1. The average molecular weight is 417 g/mol. The molecule has 0 bridgehead atoms. The maximum atomic E-state index is 13.2. The molecule has 10 heteroatoms. The Morgan fingerprint density at radius 2 is 1.94 bits per heavy atom. The molecule has 1 atom stereocenters. The molecule has 1 aliphatic heterocycles. The van der Waals surface area contributed by atoms with E-state index in [4.69, 9.17) is 0 Å². The number of aryl methyl sites for hydroxylation is 1. The van der Waals surface area contributed by atoms with Gasteiger partial charge >= 0.3 is 0 Å². The average Bonchev–Trinajstić information content (AvgIpc) is 3.46. The summed E-state index contributed by atoms with van der Waals surface area (Å²) in [4.78, 5) is 19.8. The first-order valence-corrected chi connectivity index (χ1v) is 10.3. The lowest BCUT2D eigenvalue weighted by atomic mass is 9.95. The molecule has 1 aliphatic rings. The Bertz CT molecular complexity index is 1180. The number of nitrogens with one attached hydrogen (secondary N) is 1. The summed E-state index contributed by atoms with van der Waals surface area (Å²) in [5, 5.41) is 19.1. The molecule has 1 N–H and O–H groups in total. The minimum absolute atomic E-state index is 0.0559. The number of anilines is 1. The van der Waals surface area contributed by atoms with E-state index in [1.54, 1.807) is 6.20 Å². The minimum atomic E-state index is -0.282. The van der Waals surface area contributed by atoms with Crippen molar-refractivity contribution in [3.63, 3.8) is 0 Å². The van der Waals surface area contributed by atoms with Crippen molar-refractivity contribution in [2.24, 2.45) is 13.0 Å². The Morgan fingerprint density at radius 3 is 2.68 bits per heavy atom. The van der Waals surface area contributed by atoms with Gasteiger partial charge in [0, 0.05) is 38.4 Å². The fraction of sp³-hybridized carbons (Fsp3) is 0.333. The third-order valence-corrected chi connectivity index (χ3v) is 5.78. The van der Waals surface area contributed by atoms with Gasteiger partial charge in [-0.25, -0.2) is 4.98 Å². The maximum absolute atomic E-state index is 13.2. The predicted octanol–water partition coefficient (Wildman–Crippen LogP) is 1.37. The monoisotopic (exact) mass is 417 g/mol. The van der Waals surface area contributed by atoms with Crippen molar-refractivity contribution >= 4 is 17.4 Å². The molecule has 1 unspecified atom stereocenters. The number of benzene rings is 1. The largest absolute Gasteiger partial charge is 0.355 e. The van der Waals surface area contributed by atoms with E-state index in [-0.39, 0.29) is 17.9 Å². The number of piperidine rings is 1. The smallest absolute Gasteiger partial charge is 0.224 e. The number of rotatable bonds is 5. The highest BCUT2D eigenvalue weighted by Crippen LogP contribution is 2.25. The molecule has 1 amide bonds. The van der Waals surface area contributed by atoms with E-state index < -0.39 is 0 Å². The van der Waals surface area contributed by atoms with Crippen molar-refractivity contribution in [2.45, 2.75) is 18.9 Å². The van der Waals surface area contributed by atoms with Gasteiger partial charge in [-0.2, -0.15) is 0 Å². The lowest BCUT2D eigenvalue weighted by molar-refractivity contribution is -0.126. The second kappa shape index (κ2) is 8.13. The molecule has 4 aromatic rings. The Kier molecular flexibility index (Phi) is 5.03. The fourth-order valence-corrected chi connectivity index (χ4v) is 4.04. The number of fused-ring (bicyclic) bond motifs is 1. The summed E-state index contributed by atoms with van der Waals surface area (Å²) in [6.07, 6.45) is 5.15. The molecular weight excluding hydrogens is 394 g/mol. The van der Waals surface area contributed by atoms with Crippen LogP contribution in [0.3, 0.4) is 0 Å². The Labute approximate surface area is 178 Å². The first kappa shape index (κ1) is 19.2. The van der Waals surface area contributed by atoms with Gasteiger partial charge in [0.1, 0.15) is 11.9 Å². The number of amides is 1. The molecule has 10 nitrogen and oxygen atoms in total. The van der Waals surface area contributed by atoms with Crippen LogP contribution in [0.2, 0.25) is 0 Å². The van der Waals surface area contributed by atoms with E-state index in [1.165, 1.54) is 4.63 Å². The number of aromatic nitrogens is 7. The van der Waals surface area contributed by atoms with E-state index in [0.29, 0.717) is 5.65 Å². The van der Waals surface area contributed by atoms with E-state index in [2.05, 4.69) is 35.8 Å². The third kappa shape index (κ3) is 3.83. The normalized spacial score (nSPS) is 15.8. The van der Waals surface area contributed by atoms with Crippen LogP contribution in [0.1, 0.15) is 30.3 Å². The lowest BCUT2D eigenvalue weighted by Crippen LogP contribution is -2.42. The SMILES string of the molecule is Cn1ccnc1C(NC(=O)C1CCN(c2ccc3nnnn3n2)CC1)c1ccccc1. The number of hydrogen-bond acceptors (Lipinski definition) is 7. The van der Waals surface area contributed by atoms with Crippen LogP contribution in [0.5, 0.6) is 0 Å². The maximum Gasteiger partial charge on any atom is 0.224 e. The van der Waals surface area contributed by atoms with E-state index in [0.717, 1.165) is 43.1 Å². The summed E-state index contributed by atoms with van der Waals surface area (Å²) in [5.74, 6) is 1.63. The highest BCUT2D eigenvalue weighted by Gasteiger charge is 2.29. The highest BCUT2D eigenvalue weighted by atomic mass is 16.2. The van der Waals surface area contributed by atoms with Gasteiger partial charge in [-0.15, -0.1) is 14.8 Å². The fourth-order valence-electron chi connectivity index (χ4n) is 4.04. The third-order valence-electron chi connectivity index (χ3n) is 5.78. The van der Waals surface area contributed by atoms with Crippen molar-refractivity contribution in [3.8, 4) is 0 Å². The predicted molar refractivity (Wildman–Crippen MR) is 113 cm³/mol. The molecule has 4 heterocycles. The van der Waals surface area contributed by atoms with Crippen molar-refractivity contribution < 1.29 is 4.79 Å². The van der Waals surface area contributed by atoms with Crippen LogP contribution in [-0.2, 0) is 11.8 Å². The van der Waals surface area contributed by atoms with Gasteiger partial charge in [0.05, 0.1) is 0 Å². The molecule has 1 fully saturated rings. The zero-order chi connectivity index (χ0) is 21.2. The Balaban J connectivity index is 1.27. The quantitative estimate of drug-likeness (QED) is 0.523. The van der Waals surface area contributed by atoms with Gasteiger partial charge in [-0.3, -0.25) is 4.79 Å². The van der Waals surface area contributed by atoms with Crippen molar-refractivity contribution in [1.82, 2.24) is 40.1 Å². The van der Waals surface area contributed by atoms with Crippen LogP contribution in [0, 0.1) is 5.92 Å². The molecule has 31 heavy (non-hydrogen) atoms. The van der Waals surface area contributed by atoms with Gasteiger partial charge < -0.3 is 14.8 Å². The molecule has 0 saturated carbocycles. The number of imidazole rings is 1. The van der Waals surface area contributed by atoms with Gasteiger partial charge in [0.15, 0.2) is 11.5 Å². The molecule has 1 aromatic carbocycles. The standard InChI is InChI=1S/C21H23N9O/c1-28-14-11-22-20(28)19(15-5-3-2-4-6-15)23-21(31)16-9-12-29(13-10-16)18-8-7-17-24-26-27-30(17)25-18/h2-8,11,14,16,19H,9-10,12-13H2,1H3,(H,23,31). The Morgan fingerprint density at radius 1 is 1.13 bits per heavy atom. The first-order valence-electron chi connectivity index (χ1n) is 10.3. The summed E-state index contributed by atoms with van der Waals surface area (Å²) in [7, 11) is 1.94. The van der Waals surface area contributed by atoms with Crippen LogP contribution in [0.15, 0.2) is 54.9 Å². The van der Waals surface area contributed by atoms with E-state index in [9.17, 15) is 4.79 Å². The summed E-state index contributed by atoms with van der Waals surface area (Å²) in [6.45, 7) is 1.49. The minimum Gasteiger partial charge on any atom is -0.355 e. The first-order chi connectivity index (χ1) is 15.2. The van der Waals surface area contributed by atoms with Gasteiger partial charge in [0.2, 0.25) is 5.91 Å². The molecular formula is C21H23N9O. The lowest BCUT2D eigenvalue weighted by Gasteiger charge is -2.32. The second-order valence-corrected chi connectivity index (χ2v) is 7.73.